The molecule has 1 aliphatic carbocycles. The Kier molecular flexibility index (Phi) is 6.58. The Morgan fingerprint density at radius 3 is 2.59 bits per heavy atom. The molecule has 1 nitrogen and oxygen atoms in total. The molecule has 0 bridgehead atoms. The number of nitriles is 1. The standard InChI is InChI=1S/C19H23F2N/c20-12-4-2-1-3-5-15-6-8-16(9-7-15)17-10-11-18(14-22)19(21)13-17/h4,10-13,15-16H,1-3,5-9H2. The lowest BCUT2D eigenvalue weighted by Crippen LogP contribution is -2.13. The van der Waals surface area contributed by atoms with Crippen molar-refractivity contribution in [1.29, 1.82) is 5.26 Å². The van der Waals surface area contributed by atoms with Gasteiger partial charge in [0.05, 0.1) is 11.9 Å². The van der Waals surface area contributed by atoms with E-state index >= 15 is 0 Å². The predicted molar refractivity (Wildman–Crippen MR) is 84.5 cm³/mol. The SMILES string of the molecule is N#Cc1ccc(C2CCC(CCCCC=CF)CC2)cc1F. The monoisotopic (exact) mass is 303 g/mol. The van der Waals surface area contributed by atoms with Crippen LogP contribution in [0.2, 0.25) is 0 Å². The molecule has 22 heavy (non-hydrogen) atoms. The maximum atomic E-state index is 13.7. The van der Waals surface area contributed by atoms with Gasteiger partial charge in [-0.1, -0.05) is 25.0 Å². The molecule has 1 aromatic rings. The van der Waals surface area contributed by atoms with Crippen molar-refractivity contribution in [3.63, 3.8) is 0 Å². The summed E-state index contributed by atoms with van der Waals surface area (Å²) in [5, 5.41) is 8.78. The van der Waals surface area contributed by atoms with E-state index in [9.17, 15) is 8.78 Å². The van der Waals surface area contributed by atoms with Gasteiger partial charge in [0, 0.05) is 0 Å². The number of hydrogen-bond acceptors (Lipinski definition) is 1. The van der Waals surface area contributed by atoms with Gasteiger partial charge in [0.1, 0.15) is 11.9 Å². The minimum atomic E-state index is -0.400. The molecular formula is C19H23F2N. The molecular weight excluding hydrogens is 280 g/mol. The fourth-order valence-corrected chi connectivity index (χ4v) is 3.42. The highest BCUT2D eigenvalue weighted by Gasteiger charge is 2.22. The van der Waals surface area contributed by atoms with E-state index in [4.69, 9.17) is 5.26 Å². The molecule has 0 heterocycles. The average molecular weight is 303 g/mol. The van der Waals surface area contributed by atoms with Crippen LogP contribution < -0.4 is 0 Å². The van der Waals surface area contributed by atoms with Gasteiger partial charge in [0.15, 0.2) is 0 Å². The molecule has 0 spiro atoms. The van der Waals surface area contributed by atoms with Gasteiger partial charge in [-0.25, -0.2) is 8.78 Å². The van der Waals surface area contributed by atoms with Crippen LogP contribution in [0.25, 0.3) is 0 Å². The fraction of sp³-hybridized carbons (Fsp3) is 0.526. The third-order valence-electron chi connectivity index (χ3n) is 4.75. The summed E-state index contributed by atoms with van der Waals surface area (Å²) in [5.41, 5.74) is 1.16. The molecule has 2 rings (SSSR count). The van der Waals surface area contributed by atoms with Crippen molar-refractivity contribution < 1.29 is 8.78 Å². The summed E-state index contributed by atoms with van der Waals surface area (Å²) in [6, 6.07) is 6.89. The number of halogens is 2. The number of unbranched alkanes of at least 4 members (excludes halogenated alkanes) is 2. The first-order valence-electron chi connectivity index (χ1n) is 8.19. The van der Waals surface area contributed by atoms with Gasteiger partial charge in [0.25, 0.3) is 0 Å². The van der Waals surface area contributed by atoms with Crippen LogP contribution in [0.15, 0.2) is 30.6 Å². The van der Waals surface area contributed by atoms with Crippen molar-refractivity contribution in [3.05, 3.63) is 47.5 Å². The number of hydrogen-bond donors (Lipinski definition) is 0. The van der Waals surface area contributed by atoms with E-state index < -0.39 is 5.82 Å². The molecule has 1 saturated carbocycles. The number of allylic oxidation sites excluding steroid dienone is 1. The van der Waals surface area contributed by atoms with E-state index in [0.717, 1.165) is 43.6 Å². The lowest BCUT2D eigenvalue weighted by Gasteiger charge is -2.29. The zero-order chi connectivity index (χ0) is 15.8. The second-order valence-corrected chi connectivity index (χ2v) is 6.21. The molecule has 1 aromatic carbocycles. The highest BCUT2D eigenvalue weighted by molar-refractivity contribution is 5.34. The van der Waals surface area contributed by atoms with Crippen LogP contribution in [-0.4, -0.2) is 0 Å². The van der Waals surface area contributed by atoms with Crippen molar-refractivity contribution in [2.24, 2.45) is 5.92 Å². The maximum absolute atomic E-state index is 13.7. The van der Waals surface area contributed by atoms with E-state index in [-0.39, 0.29) is 5.56 Å². The molecule has 0 radical (unpaired) electrons. The van der Waals surface area contributed by atoms with Crippen molar-refractivity contribution in [2.75, 3.05) is 0 Å². The van der Waals surface area contributed by atoms with E-state index in [1.165, 1.54) is 25.3 Å². The summed E-state index contributed by atoms with van der Waals surface area (Å²) in [7, 11) is 0. The Hall–Kier alpha value is -1.69. The summed E-state index contributed by atoms with van der Waals surface area (Å²) in [5.74, 6) is 0.782. The van der Waals surface area contributed by atoms with Crippen LogP contribution in [0.1, 0.15) is 68.4 Å². The van der Waals surface area contributed by atoms with Gasteiger partial charge >= 0.3 is 0 Å². The summed E-state index contributed by atoms with van der Waals surface area (Å²) in [4.78, 5) is 0. The summed E-state index contributed by atoms with van der Waals surface area (Å²) in [6.07, 6.45) is 11.0. The first-order valence-corrected chi connectivity index (χ1v) is 8.19. The molecule has 0 N–H and O–H groups in total. The van der Waals surface area contributed by atoms with E-state index in [0.29, 0.717) is 12.2 Å². The second-order valence-electron chi connectivity index (χ2n) is 6.21. The van der Waals surface area contributed by atoms with Crippen molar-refractivity contribution in [2.45, 2.75) is 57.3 Å². The van der Waals surface area contributed by atoms with Crippen LogP contribution in [0.3, 0.4) is 0 Å². The van der Waals surface area contributed by atoms with Gasteiger partial charge in [-0.15, -0.1) is 0 Å². The fourth-order valence-electron chi connectivity index (χ4n) is 3.42. The van der Waals surface area contributed by atoms with Crippen LogP contribution >= 0.6 is 0 Å². The highest BCUT2D eigenvalue weighted by atomic mass is 19.1. The zero-order valence-electron chi connectivity index (χ0n) is 12.9. The van der Waals surface area contributed by atoms with Gasteiger partial charge < -0.3 is 0 Å². The number of benzene rings is 1. The minimum Gasteiger partial charge on any atom is -0.216 e. The topological polar surface area (TPSA) is 23.8 Å². The molecule has 0 aromatic heterocycles. The molecule has 1 fully saturated rings. The van der Waals surface area contributed by atoms with E-state index in [1.54, 1.807) is 12.1 Å². The molecule has 3 heteroatoms. The molecule has 0 unspecified atom stereocenters. The van der Waals surface area contributed by atoms with E-state index in [1.807, 2.05) is 12.1 Å². The molecule has 0 aliphatic heterocycles. The van der Waals surface area contributed by atoms with Gasteiger partial charge in [-0.2, -0.15) is 5.26 Å². The quantitative estimate of drug-likeness (QED) is 0.590. The molecule has 0 saturated heterocycles. The Morgan fingerprint density at radius 2 is 1.95 bits per heavy atom. The number of nitrogens with zero attached hydrogens (tertiary/aromatic N) is 1. The third kappa shape index (κ3) is 4.66. The van der Waals surface area contributed by atoms with Crippen LogP contribution in [-0.2, 0) is 0 Å². The Morgan fingerprint density at radius 1 is 1.18 bits per heavy atom. The highest BCUT2D eigenvalue weighted by Crippen LogP contribution is 2.38. The average Bonchev–Trinajstić information content (AvgIpc) is 2.55. The molecule has 0 atom stereocenters. The normalized spacial score (nSPS) is 21.9. The van der Waals surface area contributed by atoms with Crippen LogP contribution in [0, 0.1) is 23.1 Å². The smallest absolute Gasteiger partial charge is 0.141 e. The summed E-state index contributed by atoms with van der Waals surface area (Å²) >= 11 is 0. The Labute approximate surface area is 131 Å². The van der Waals surface area contributed by atoms with E-state index in [2.05, 4.69) is 0 Å². The summed E-state index contributed by atoms with van der Waals surface area (Å²) < 4.78 is 25.5. The van der Waals surface area contributed by atoms with Gasteiger partial charge in [0.2, 0.25) is 0 Å². The largest absolute Gasteiger partial charge is 0.216 e. The van der Waals surface area contributed by atoms with Crippen molar-refractivity contribution >= 4 is 0 Å². The zero-order valence-corrected chi connectivity index (χ0v) is 12.9. The molecule has 118 valence electrons. The molecule has 1 aliphatic rings. The van der Waals surface area contributed by atoms with Gasteiger partial charge in [-0.05, 0) is 68.1 Å². The van der Waals surface area contributed by atoms with Crippen molar-refractivity contribution in [3.8, 4) is 6.07 Å². The number of rotatable bonds is 6. The van der Waals surface area contributed by atoms with Crippen LogP contribution in [0.5, 0.6) is 0 Å². The van der Waals surface area contributed by atoms with Crippen molar-refractivity contribution in [1.82, 2.24) is 0 Å². The summed E-state index contributed by atoms with van der Waals surface area (Å²) in [6.45, 7) is 0. The van der Waals surface area contributed by atoms with Gasteiger partial charge in [-0.3, -0.25) is 0 Å². The Bertz CT molecular complexity index is 537. The predicted octanol–water partition coefficient (Wildman–Crippen LogP) is 6.01. The lowest BCUT2D eigenvalue weighted by molar-refractivity contribution is 0.303. The third-order valence-corrected chi connectivity index (χ3v) is 4.75. The molecule has 0 amide bonds. The lowest BCUT2D eigenvalue weighted by atomic mass is 9.77. The van der Waals surface area contributed by atoms with Crippen LogP contribution in [0.4, 0.5) is 8.78 Å². The minimum absolute atomic E-state index is 0.125. The maximum Gasteiger partial charge on any atom is 0.141 e. The first kappa shape index (κ1) is 16.7. The first-order chi connectivity index (χ1) is 10.7. The second kappa shape index (κ2) is 8.68. The Balaban J connectivity index is 1.77.